The normalized spacial score (nSPS) is 2.40. The van der Waals surface area contributed by atoms with Crippen LogP contribution in [0.2, 0.25) is 0 Å². The first kappa shape index (κ1) is 15.7. The van der Waals surface area contributed by atoms with Crippen LogP contribution < -0.4 is 0 Å². The third-order valence-electron chi connectivity index (χ3n) is 0. The first-order valence-electron chi connectivity index (χ1n) is 0.400. The number of rotatable bonds is 0. The van der Waals surface area contributed by atoms with Crippen molar-refractivity contribution in [2.24, 2.45) is 0 Å². The van der Waals surface area contributed by atoms with Crippen molar-refractivity contribution in [2.75, 3.05) is 0 Å². The van der Waals surface area contributed by atoms with Gasteiger partial charge in [0.25, 0.3) is 0 Å². The van der Waals surface area contributed by atoms with E-state index in [1.807, 2.05) is 0 Å². The van der Waals surface area contributed by atoms with Gasteiger partial charge in [0.15, 0.2) is 0 Å². The van der Waals surface area contributed by atoms with Crippen molar-refractivity contribution in [1.29, 1.82) is 0 Å². The second kappa shape index (κ2) is 36.9. The zero-order chi connectivity index (χ0) is 4.00. The third-order valence-corrected chi connectivity index (χ3v) is 0. The summed E-state index contributed by atoms with van der Waals surface area (Å²) in [5.41, 5.74) is 0. The van der Waals surface area contributed by atoms with E-state index in [0.717, 1.165) is 0 Å². The van der Waals surface area contributed by atoms with Crippen molar-refractivity contribution in [3.8, 4) is 0 Å². The number of hydrogen-bond donors (Lipinski definition) is 0. The SMILES string of the molecule is O.[SeH][SeH].[SeH][SeH]. The molecule has 0 aromatic rings. The topological polar surface area (TPSA) is 31.5 Å². The second-order valence-electron chi connectivity index (χ2n) is 0. The Balaban J connectivity index is -0.0000000133. The quantitative estimate of drug-likeness (QED) is 0.412. The molecule has 36 valence electrons. The van der Waals surface area contributed by atoms with E-state index >= 15 is 0 Å². The molecule has 0 aromatic heterocycles. The fraction of sp³-hybridized carbons (Fsp3) is 0. The summed E-state index contributed by atoms with van der Waals surface area (Å²) < 4.78 is 0. The summed E-state index contributed by atoms with van der Waals surface area (Å²) in [6.07, 6.45) is 0. The van der Waals surface area contributed by atoms with E-state index in [1.54, 1.807) is 0 Å². The molecule has 0 radical (unpaired) electrons. The fourth-order valence-electron chi connectivity index (χ4n) is 0. The van der Waals surface area contributed by atoms with E-state index in [2.05, 4.69) is 56.7 Å². The summed E-state index contributed by atoms with van der Waals surface area (Å²) in [7, 11) is 0. The Bertz CT molecular complexity index is 3.61. The minimum absolute atomic E-state index is 0. The van der Waals surface area contributed by atoms with Crippen LogP contribution in [0.5, 0.6) is 0 Å². The molecule has 0 unspecified atom stereocenters. The Hall–Kier alpha value is 2.04. The Morgan fingerprint density at radius 2 is 0.600 bits per heavy atom. The van der Waals surface area contributed by atoms with Crippen LogP contribution in [-0.4, -0.2) is 62.2 Å². The predicted octanol–water partition coefficient (Wildman–Crippen LogP) is -3.42. The molecule has 5 heavy (non-hydrogen) atoms. The minimum atomic E-state index is 0. The first-order valence-corrected chi connectivity index (χ1v) is 10.8. The van der Waals surface area contributed by atoms with E-state index in [-0.39, 0.29) is 5.48 Å². The summed E-state index contributed by atoms with van der Waals surface area (Å²) in [4.78, 5) is 0. The van der Waals surface area contributed by atoms with E-state index in [4.69, 9.17) is 0 Å². The molecule has 0 saturated heterocycles. The molecule has 2 N–H and O–H groups in total. The van der Waals surface area contributed by atoms with Crippen LogP contribution in [0.1, 0.15) is 0 Å². The van der Waals surface area contributed by atoms with Gasteiger partial charge in [0.1, 0.15) is 0 Å². The second-order valence-corrected chi connectivity index (χ2v) is 0. The average Bonchev–Trinajstić information content (AvgIpc) is 1.50. The fourth-order valence-corrected chi connectivity index (χ4v) is 0. The first-order chi connectivity index (χ1) is 2.00. The van der Waals surface area contributed by atoms with Gasteiger partial charge in [-0.25, -0.2) is 0 Å². The molecule has 0 saturated carbocycles. The van der Waals surface area contributed by atoms with Gasteiger partial charge >= 0.3 is 56.7 Å². The molecule has 0 bridgehead atoms. The molecular weight excluding hydrogens is 332 g/mol. The van der Waals surface area contributed by atoms with Crippen molar-refractivity contribution in [3.63, 3.8) is 0 Å². The monoisotopic (exact) mass is 342 g/mol. The van der Waals surface area contributed by atoms with Gasteiger partial charge in [-0.2, -0.15) is 0 Å². The zero-order valence-corrected chi connectivity index (χ0v) is 9.80. The molecule has 0 aliphatic carbocycles. The van der Waals surface area contributed by atoms with Crippen LogP contribution in [-0.2, 0) is 0 Å². The Labute approximate surface area is 61.7 Å². The van der Waals surface area contributed by atoms with Crippen LogP contribution in [0.4, 0.5) is 0 Å². The van der Waals surface area contributed by atoms with Gasteiger partial charge in [0, 0.05) is 0 Å². The summed E-state index contributed by atoms with van der Waals surface area (Å²) in [5, 5.41) is 0. The van der Waals surface area contributed by atoms with Gasteiger partial charge < -0.3 is 5.48 Å². The molecule has 5 heteroatoms. The van der Waals surface area contributed by atoms with Gasteiger partial charge in [-0.15, -0.1) is 0 Å². The van der Waals surface area contributed by atoms with Crippen LogP contribution in [0.3, 0.4) is 0 Å². The molecule has 0 rings (SSSR count). The van der Waals surface area contributed by atoms with Crippen LogP contribution in [0.25, 0.3) is 0 Å². The van der Waals surface area contributed by atoms with E-state index in [9.17, 15) is 0 Å². The summed E-state index contributed by atoms with van der Waals surface area (Å²) in [6, 6.07) is 0. The van der Waals surface area contributed by atoms with E-state index in [1.165, 1.54) is 0 Å². The van der Waals surface area contributed by atoms with Crippen molar-refractivity contribution < 1.29 is 5.48 Å². The standard InChI is InChI=1S/H2O.2H2Se2/c;2*1-2/h1H2;2*1-2H. The molecule has 0 heterocycles. The van der Waals surface area contributed by atoms with Gasteiger partial charge in [0.05, 0.1) is 0 Å². The molecule has 0 aromatic carbocycles. The van der Waals surface area contributed by atoms with Crippen molar-refractivity contribution in [3.05, 3.63) is 0 Å². The average molecular weight is 338 g/mol. The van der Waals surface area contributed by atoms with Crippen LogP contribution in [0, 0.1) is 0 Å². The van der Waals surface area contributed by atoms with Crippen LogP contribution in [0.15, 0.2) is 0 Å². The molecule has 0 amide bonds. The van der Waals surface area contributed by atoms with Gasteiger partial charge in [-0.05, 0) is 0 Å². The Morgan fingerprint density at radius 3 is 0.600 bits per heavy atom. The van der Waals surface area contributed by atoms with Gasteiger partial charge in [0.2, 0.25) is 0 Å². The summed E-state index contributed by atoms with van der Waals surface area (Å²) in [5.74, 6) is 0. The molecule has 0 spiro atoms. The van der Waals surface area contributed by atoms with E-state index in [0.29, 0.717) is 0 Å². The Morgan fingerprint density at radius 1 is 0.600 bits per heavy atom. The summed E-state index contributed by atoms with van der Waals surface area (Å²) in [6.45, 7) is 0. The molecule has 0 atom stereocenters. The van der Waals surface area contributed by atoms with Crippen molar-refractivity contribution >= 4 is 56.7 Å². The third kappa shape index (κ3) is 23.7. The van der Waals surface area contributed by atoms with Crippen LogP contribution >= 0.6 is 0 Å². The maximum atomic E-state index is 2.25. The predicted molar refractivity (Wildman–Crippen MR) is 32.2 cm³/mol. The Kier molecular flexibility index (Phi) is 116. The van der Waals surface area contributed by atoms with Crippen molar-refractivity contribution in [2.45, 2.75) is 0 Å². The molecule has 0 aliphatic rings. The summed E-state index contributed by atoms with van der Waals surface area (Å²) >= 11 is 9.00. The molecular formula is H6OSe4. The molecule has 0 fully saturated rings. The number of hydrogen-bond acceptors (Lipinski definition) is 0. The van der Waals surface area contributed by atoms with Gasteiger partial charge in [-0.1, -0.05) is 0 Å². The molecule has 1 nitrogen and oxygen atoms in total. The maximum absolute atomic E-state index is 2.25. The van der Waals surface area contributed by atoms with Gasteiger partial charge in [-0.3, -0.25) is 0 Å². The zero-order valence-electron chi connectivity index (χ0n) is 2.29. The molecule has 0 aliphatic heterocycles. The van der Waals surface area contributed by atoms with E-state index < -0.39 is 0 Å². The van der Waals surface area contributed by atoms with Crippen molar-refractivity contribution in [1.82, 2.24) is 0 Å².